The minimum Gasteiger partial charge on any atom is -0.494 e. The normalized spacial score (nSPS) is 11.6. The Kier molecular flexibility index (Phi) is 9.04. The van der Waals surface area contributed by atoms with Crippen molar-refractivity contribution in [2.45, 2.75) is 44.1 Å². The van der Waals surface area contributed by atoms with Crippen molar-refractivity contribution in [1.29, 1.82) is 0 Å². The van der Waals surface area contributed by atoms with E-state index < -0.39 is 5.54 Å². The van der Waals surface area contributed by atoms with Crippen molar-refractivity contribution >= 4 is 0 Å². The SMILES string of the molecule is NC(CO)(CO)CCc1ccc(OCCCCCCF)cc1. The first kappa shape index (κ1) is 18.9. The standard InChI is InChI=1S/C17H28FNO3/c18-11-3-1-2-4-12-22-16-7-5-15(6-8-16)9-10-17(19,13-20)14-21/h5-8,20-21H,1-4,9-14,19H2. The number of aliphatic hydroxyl groups is 2. The molecule has 0 fully saturated rings. The Bertz CT molecular complexity index is 393. The van der Waals surface area contributed by atoms with Gasteiger partial charge in [-0.05, 0) is 49.8 Å². The predicted octanol–water partition coefficient (Wildman–Crippen LogP) is 2.21. The quantitative estimate of drug-likeness (QED) is 0.517. The highest BCUT2D eigenvalue weighted by atomic mass is 19.1. The van der Waals surface area contributed by atoms with Crippen LogP contribution in [0.5, 0.6) is 5.75 Å². The summed E-state index contributed by atoms with van der Waals surface area (Å²) in [5.74, 6) is 0.817. The average molecular weight is 313 g/mol. The van der Waals surface area contributed by atoms with Gasteiger partial charge in [-0.3, -0.25) is 4.39 Å². The minimum atomic E-state index is -0.922. The van der Waals surface area contributed by atoms with Gasteiger partial charge in [-0.15, -0.1) is 0 Å². The molecule has 1 rings (SSSR count). The molecule has 0 atom stereocenters. The van der Waals surface area contributed by atoms with Crippen LogP contribution in [0.2, 0.25) is 0 Å². The van der Waals surface area contributed by atoms with E-state index in [1.807, 2.05) is 24.3 Å². The largest absolute Gasteiger partial charge is 0.494 e. The summed E-state index contributed by atoms with van der Waals surface area (Å²) in [4.78, 5) is 0. The number of halogens is 1. The first-order chi connectivity index (χ1) is 10.6. The van der Waals surface area contributed by atoms with E-state index in [9.17, 15) is 4.39 Å². The number of hydrogen-bond acceptors (Lipinski definition) is 4. The lowest BCUT2D eigenvalue weighted by Crippen LogP contribution is -2.47. The molecule has 0 radical (unpaired) electrons. The van der Waals surface area contributed by atoms with Crippen molar-refractivity contribution in [2.75, 3.05) is 26.5 Å². The van der Waals surface area contributed by atoms with Crippen molar-refractivity contribution in [2.24, 2.45) is 5.73 Å². The molecule has 0 bridgehead atoms. The van der Waals surface area contributed by atoms with Gasteiger partial charge in [0.15, 0.2) is 0 Å². The van der Waals surface area contributed by atoms with Crippen molar-refractivity contribution in [3.63, 3.8) is 0 Å². The highest BCUT2D eigenvalue weighted by molar-refractivity contribution is 5.27. The van der Waals surface area contributed by atoms with Crippen LogP contribution < -0.4 is 10.5 Å². The van der Waals surface area contributed by atoms with Crippen molar-refractivity contribution in [3.05, 3.63) is 29.8 Å². The Morgan fingerprint density at radius 1 is 1.00 bits per heavy atom. The van der Waals surface area contributed by atoms with E-state index >= 15 is 0 Å². The molecular formula is C17H28FNO3. The van der Waals surface area contributed by atoms with Crippen LogP contribution in [0.25, 0.3) is 0 Å². The molecule has 1 aromatic rings. The predicted molar refractivity (Wildman–Crippen MR) is 85.8 cm³/mol. The summed E-state index contributed by atoms with van der Waals surface area (Å²) < 4.78 is 17.6. The summed E-state index contributed by atoms with van der Waals surface area (Å²) in [6.07, 6.45) is 4.69. The van der Waals surface area contributed by atoms with E-state index in [1.54, 1.807) is 0 Å². The summed E-state index contributed by atoms with van der Waals surface area (Å²) >= 11 is 0. The van der Waals surface area contributed by atoms with E-state index in [2.05, 4.69) is 0 Å². The fourth-order valence-corrected chi connectivity index (χ4v) is 2.09. The van der Waals surface area contributed by atoms with Gasteiger partial charge < -0.3 is 20.7 Å². The third-order valence-corrected chi connectivity index (χ3v) is 3.76. The Labute approximate surface area is 132 Å². The van der Waals surface area contributed by atoms with Crippen LogP contribution >= 0.6 is 0 Å². The number of alkyl halides is 1. The molecule has 0 aromatic heterocycles. The zero-order valence-corrected chi connectivity index (χ0v) is 13.1. The number of unbranched alkanes of at least 4 members (excludes halogenated alkanes) is 3. The molecule has 0 saturated heterocycles. The summed E-state index contributed by atoms with van der Waals surface area (Å²) in [6, 6.07) is 7.75. The molecule has 0 saturated carbocycles. The zero-order valence-electron chi connectivity index (χ0n) is 13.1. The summed E-state index contributed by atoms with van der Waals surface area (Å²) in [5.41, 5.74) is 6.01. The Balaban J connectivity index is 2.28. The maximum atomic E-state index is 11.9. The third kappa shape index (κ3) is 7.20. The second-order valence-electron chi connectivity index (χ2n) is 5.77. The molecule has 0 aliphatic carbocycles. The Morgan fingerprint density at radius 2 is 1.64 bits per heavy atom. The number of rotatable bonds is 12. The van der Waals surface area contributed by atoms with Crippen molar-refractivity contribution < 1.29 is 19.3 Å². The first-order valence-corrected chi connectivity index (χ1v) is 7.92. The van der Waals surface area contributed by atoms with E-state index in [0.29, 0.717) is 25.9 Å². The van der Waals surface area contributed by atoms with Gasteiger partial charge in [-0.2, -0.15) is 0 Å². The number of aliphatic hydroxyl groups excluding tert-OH is 2. The third-order valence-electron chi connectivity index (χ3n) is 3.76. The Morgan fingerprint density at radius 3 is 2.23 bits per heavy atom. The fraction of sp³-hybridized carbons (Fsp3) is 0.647. The maximum absolute atomic E-state index is 11.9. The van der Waals surface area contributed by atoms with E-state index in [4.69, 9.17) is 20.7 Å². The van der Waals surface area contributed by atoms with Gasteiger partial charge in [0, 0.05) is 0 Å². The monoisotopic (exact) mass is 313 g/mol. The number of benzene rings is 1. The molecule has 0 heterocycles. The molecule has 0 amide bonds. The summed E-state index contributed by atoms with van der Waals surface area (Å²) in [5, 5.41) is 18.3. The molecule has 1 aromatic carbocycles. The zero-order chi connectivity index (χ0) is 16.3. The van der Waals surface area contributed by atoms with Gasteiger partial charge in [0.2, 0.25) is 0 Å². The molecule has 0 spiro atoms. The summed E-state index contributed by atoms with van der Waals surface area (Å²) in [6.45, 7) is -0.0499. The molecule has 4 nitrogen and oxygen atoms in total. The second kappa shape index (κ2) is 10.5. The lowest BCUT2D eigenvalue weighted by molar-refractivity contribution is 0.115. The number of nitrogens with two attached hydrogens (primary N) is 1. The summed E-state index contributed by atoms with van der Waals surface area (Å²) in [7, 11) is 0. The van der Waals surface area contributed by atoms with Crippen LogP contribution in [0.15, 0.2) is 24.3 Å². The van der Waals surface area contributed by atoms with E-state index in [0.717, 1.165) is 30.6 Å². The van der Waals surface area contributed by atoms with Crippen LogP contribution in [-0.4, -0.2) is 42.2 Å². The average Bonchev–Trinajstić information content (AvgIpc) is 2.57. The first-order valence-electron chi connectivity index (χ1n) is 7.92. The lowest BCUT2D eigenvalue weighted by Gasteiger charge is -2.24. The van der Waals surface area contributed by atoms with Crippen LogP contribution in [0.4, 0.5) is 4.39 Å². The van der Waals surface area contributed by atoms with Gasteiger partial charge in [0.1, 0.15) is 5.75 Å². The number of aryl methyl sites for hydroxylation is 1. The van der Waals surface area contributed by atoms with Gasteiger partial charge >= 0.3 is 0 Å². The number of hydrogen-bond donors (Lipinski definition) is 3. The maximum Gasteiger partial charge on any atom is 0.119 e. The van der Waals surface area contributed by atoms with Crippen LogP contribution in [0.3, 0.4) is 0 Å². The Hall–Kier alpha value is -1.17. The van der Waals surface area contributed by atoms with Gasteiger partial charge in [0.25, 0.3) is 0 Å². The van der Waals surface area contributed by atoms with Crippen molar-refractivity contribution in [1.82, 2.24) is 0 Å². The highest BCUT2D eigenvalue weighted by Crippen LogP contribution is 2.16. The van der Waals surface area contributed by atoms with E-state index in [-0.39, 0.29) is 19.9 Å². The molecule has 0 unspecified atom stereocenters. The molecule has 0 aliphatic rings. The molecule has 4 N–H and O–H groups in total. The minimum absolute atomic E-state index is 0.229. The van der Waals surface area contributed by atoms with Crippen LogP contribution in [0.1, 0.15) is 37.7 Å². The van der Waals surface area contributed by atoms with Crippen molar-refractivity contribution in [3.8, 4) is 5.75 Å². The van der Waals surface area contributed by atoms with Gasteiger partial charge in [0.05, 0.1) is 32.0 Å². The van der Waals surface area contributed by atoms with E-state index in [1.165, 1.54) is 0 Å². The second-order valence-corrected chi connectivity index (χ2v) is 5.77. The topological polar surface area (TPSA) is 75.7 Å². The smallest absolute Gasteiger partial charge is 0.119 e. The molecule has 5 heteroatoms. The fourth-order valence-electron chi connectivity index (χ4n) is 2.09. The number of ether oxygens (including phenoxy) is 1. The van der Waals surface area contributed by atoms with Gasteiger partial charge in [-0.25, -0.2) is 0 Å². The molecule has 0 aliphatic heterocycles. The molecular weight excluding hydrogens is 285 g/mol. The highest BCUT2D eigenvalue weighted by Gasteiger charge is 2.22. The van der Waals surface area contributed by atoms with Crippen LogP contribution in [0, 0.1) is 0 Å². The van der Waals surface area contributed by atoms with Gasteiger partial charge in [-0.1, -0.05) is 18.6 Å². The van der Waals surface area contributed by atoms with Crippen LogP contribution in [-0.2, 0) is 6.42 Å². The lowest BCUT2D eigenvalue weighted by atomic mass is 9.94. The molecule has 126 valence electrons. The molecule has 22 heavy (non-hydrogen) atoms.